The third-order valence-corrected chi connectivity index (χ3v) is 4.28. The Morgan fingerprint density at radius 1 is 1.21 bits per heavy atom. The molecule has 1 aromatic rings. The lowest BCUT2D eigenvalue weighted by Gasteiger charge is -2.25. The third-order valence-electron chi connectivity index (χ3n) is 4.28. The molecule has 1 aliphatic heterocycles. The van der Waals surface area contributed by atoms with Crippen molar-refractivity contribution >= 4 is 5.91 Å². The van der Waals surface area contributed by atoms with Crippen LogP contribution in [0, 0.1) is 6.92 Å². The number of carbonyl (C=O) groups excluding carboxylic acids is 1. The van der Waals surface area contributed by atoms with Gasteiger partial charge in [-0.2, -0.15) is 0 Å². The van der Waals surface area contributed by atoms with Gasteiger partial charge in [0.25, 0.3) is 0 Å². The first-order chi connectivity index (χ1) is 9.15. The molecule has 1 N–H and O–H groups in total. The van der Waals surface area contributed by atoms with Gasteiger partial charge < -0.3 is 10.2 Å². The summed E-state index contributed by atoms with van der Waals surface area (Å²) in [7, 11) is 0. The molecule has 1 amide bonds. The van der Waals surface area contributed by atoms with Crippen molar-refractivity contribution in [2.45, 2.75) is 51.2 Å². The quantitative estimate of drug-likeness (QED) is 0.899. The molecule has 3 rings (SSSR count). The molecule has 2 atom stereocenters. The van der Waals surface area contributed by atoms with Crippen LogP contribution < -0.4 is 5.32 Å². The highest BCUT2D eigenvalue weighted by atomic mass is 16.2. The van der Waals surface area contributed by atoms with Gasteiger partial charge in [-0.3, -0.25) is 4.79 Å². The van der Waals surface area contributed by atoms with E-state index in [-0.39, 0.29) is 18.0 Å². The summed E-state index contributed by atoms with van der Waals surface area (Å²) < 4.78 is 0. The Morgan fingerprint density at radius 2 is 1.89 bits per heavy atom. The molecule has 19 heavy (non-hydrogen) atoms. The number of rotatable bonds is 4. The molecule has 3 heteroatoms. The van der Waals surface area contributed by atoms with Crippen LogP contribution in [0.4, 0.5) is 0 Å². The lowest BCUT2D eigenvalue weighted by Crippen LogP contribution is -2.40. The Hall–Kier alpha value is -1.35. The third kappa shape index (κ3) is 2.66. The predicted octanol–water partition coefficient (Wildman–Crippen LogP) is 2.41. The van der Waals surface area contributed by atoms with Crippen LogP contribution in [0.1, 0.15) is 43.4 Å². The largest absolute Gasteiger partial charge is 0.335 e. The molecule has 0 bridgehead atoms. The number of aryl methyl sites for hydroxylation is 1. The van der Waals surface area contributed by atoms with Crippen molar-refractivity contribution in [3.63, 3.8) is 0 Å². The standard InChI is InChI=1S/C16H22N2O/c1-11-3-5-13(6-4-11)12(2)18-10-9-15(16(18)19)17-14-7-8-14/h3-6,12,14-15,17H,7-10H2,1-2H3. The summed E-state index contributed by atoms with van der Waals surface area (Å²) in [5, 5.41) is 3.46. The van der Waals surface area contributed by atoms with Gasteiger partial charge in [0.1, 0.15) is 0 Å². The summed E-state index contributed by atoms with van der Waals surface area (Å²) in [4.78, 5) is 14.4. The molecule has 1 saturated heterocycles. The van der Waals surface area contributed by atoms with Gasteiger partial charge in [0, 0.05) is 12.6 Å². The fourth-order valence-corrected chi connectivity index (χ4v) is 2.80. The molecule has 2 fully saturated rings. The van der Waals surface area contributed by atoms with E-state index in [1.807, 2.05) is 4.90 Å². The second-order valence-electron chi connectivity index (χ2n) is 5.90. The van der Waals surface area contributed by atoms with Crippen LogP contribution in [0.5, 0.6) is 0 Å². The fourth-order valence-electron chi connectivity index (χ4n) is 2.80. The molecule has 1 aliphatic carbocycles. The minimum Gasteiger partial charge on any atom is -0.335 e. The molecule has 0 radical (unpaired) electrons. The lowest BCUT2D eigenvalue weighted by atomic mass is 10.1. The van der Waals surface area contributed by atoms with E-state index in [1.54, 1.807) is 0 Å². The van der Waals surface area contributed by atoms with Crippen molar-refractivity contribution in [1.29, 1.82) is 0 Å². The van der Waals surface area contributed by atoms with Gasteiger partial charge in [0.05, 0.1) is 12.1 Å². The second kappa shape index (κ2) is 4.97. The van der Waals surface area contributed by atoms with Crippen molar-refractivity contribution in [2.24, 2.45) is 0 Å². The monoisotopic (exact) mass is 258 g/mol. The Morgan fingerprint density at radius 3 is 2.53 bits per heavy atom. The molecular weight excluding hydrogens is 236 g/mol. The highest BCUT2D eigenvalue weighted by Gasteiger charge is 2.37. The highest BCUT2D eigenvalue weighted by molar-refractivity contribution is 5.84. The van der Waals surface area contributed by atoms with Crippen LogP contribution in [0.15, 0.2) is 24.3 Å². The van der Waals surface area contributed by atoms with E-state index in [4.69, 9.17) is 0 Å². The number of hydrogen-bond acceptors (Lipinski definition) is 2. The van der Waals surface area contributed by atoms with Gasteiger partial charge in [-0.05, 0) is 38.7 Å². The Kier molecular flexibility index (Phi) is 3.31. The van der Waals surface area contributed by atoms with Crippen molar-refractivity contribution in [1.82, 2.24) is 10.2 Å². The van der Waals surface area contributed by atoms with Gasteiger partial charge in [0.15, 0.2) is 0 Å². The maximum absolute atomic E-state index is 12.4. The predicted molar refractivity (Wildman–Crippen MR) is 75.9 cm³/mol. The van der Waals surface area contributed by atoms with Crippen molar-refractivity contribution < 1.29 is 4.79 Å². The van der Waals surface area contributed by atoms with Crippen LogP contribution in [0.25, 0.3) is 0 Å². The summed E-state index contributed by atoms with van der Waals surface area (Å²) in [6, 6.07) is 9.34. The van der Waals surface area contributed by atoms with Crippen LogP contribution in [0.3, 0.4) is 0 Å². The second-order valence-corrected chi connectivity index (χ2v) is 5.90. The average molecular weight is 258 g/mol. The first-order valence-corrected chi connectivity index (χ1v) is 7.28. The number of nitrogens with zero attached hydrogens (tertiary/aromatic N) is 1. The first kappa shape index (κ1) is 12.7. The molecule has 102 valence electrons. The maximum Gasteiger partial charge on any atom is 0.240 e. The average Bonchev–Trinajstić information content (AvgIpc) is 3.15. The van der Waals surface area contributed by atoms with Crippen LogP contribution in [-0.4, -0.2) is 29.4 Å². The zero-order chi connectivity index (χ0) is 13.4. The van der Waals surface area contributed by atoms with E-state index in [0.717, 1.165) is 13.0 Å². The van der Waals surface area contributed by atoms with E-state index in [1.165, 1.54) is 24.0 Å². The smallest absolute Gasteiger partial charge is 0.240 e. The lowest BCUT2D eigenvalue weighted by molar-refractivity contribution is -0.131. The number of amides is 1. The van der Waals surface area contributed by atoms with Crippen molar-refractivity contribution in [3.05, 3.63) is 35.4 Å². The summed E-state index contributed by atoms with van der Waals surface area (Å²) in [5.74, 6) is 0.278. The number of carbonyl (C=O) groups is 1. The van der Waals surface area contributed by atoms with Crippen LogP contribution >= 0.6 is 0 Å². The summed E-state index contributed by atoms with van der Waals surface area (Å²) >= 11 is 0. The van der Waals surface area contributed by atoms with Crippen molar-refractivity contribution in [3.8, 4) is 0 Å². The molecule has 2 aliphatic rings. The van der Waals surface area contributed by atoms with Gasteiger partial charge >= 0.3 is 0 Å². The molecule has 0 aromatic heterocycles. The SMILES string of the molecule is Cc1ccc(C(C)N2CCC(NC3CC3)C2=O)cc1. The van der Waals surface area contributed by atoms with Crippen LogP contribution in [0.2, 0.25) is 0 Å². The number of hydrogen-bond donors (Lipinski definition) is 1. The van der Waals surface area contributed by atoms with Crippen molar-refractivity contribution in [2.75, 3.05) is 6.54 Å². The van der Waals surface area contributed by atoms with E-state index in [9.17, 15) is 4.79 Å². The minimum absolute atomic E-state index is 0.0559. The van der Waals surface area contributed by atoms with E-state index in [0.29, 0.717) is 6.04 Å². The maximum atomic E-state index is 12.4. The zero-order valence-electron chi connectivity index (χ0n) is 11.7. The Balaban J connectivity index is 1.68. The molecule has 2 unspecified atom stereocenters. The fraction of sp³-hybridized carbons (Fsp3) is 0.562. The molecule has 1 aromatic carbocycles. The van der Waals surface area contributed by atoms with E-state index >= 15 is 0 Å². The highest BCUT2D eigenvalue weighted by Crippen LogP contribution is 2.28. The number of likely N-dealkylation sites (tertiary alicyclic amines) is 1. The minimum atomic E-state index is 0.0559. The Bertz CT molecular complexity index is 464. The van der Waals surface area contributed by atoms with Crippen LogP contribution in [-0.2, 0) is 4.79 Å². The topological polar surface area (TPSA) is 32.3 Å². The molecule has 1 saturated carbocycles. The summed E-state index contributed by atoms with van der Waals surface area (Å²) in [6.45, 7) is 5.09. The summed E-state index contributed by atoms with van der Waals surface area (Å²) in [6.07, 6.45) is 3.42. The van der Waals surface area contributed by atoms with Gasteiger partial charge in [-0.15, -0.1) is 0 Å². The normalized spacial score (nSPS) is 24.8. The Labute approximate surface area is 115 Å². The van der Waals surface area contributed by atoms with E-state index < -0.39 is 0 Å². The summed E-state index contributed by atoms with van der Waals surface area (Å²) in [5.41, 5.74) is 2.49. The van der Waals surface area contributed by atoms with Gasteiger partial charge in [-0.25, -0.2) is 0 Å². The number of nitrogens with one attached hydrogen (secondary N) is 1. The zero-order valence-corrected chi connectivity index (χ0v) is 11.7. The molecule has 0 spiro atoms. The van der Waals surface area contributed by atoms with Gasteiger partial charge in [-0.1, -0.05) is 29.8 Å². The van der Waals surface area contributed by atoms with Gasteiger partial charge in [0.2, 0.25) is 5.91 Å². The molecule has 3 nitrogen and oxygen atoms in total. The molecule has 1 heterocycles. The molecular formula is C16H22N2O. The first-order valence-electron chi connectivity index (χ1n) is 7.28. The number of benzene rings is 1. The van der Waals surface area contributed by atoms with E-state index in [2.05, 4.69) is 43.4 Å².